The van der Waals surface area contributed by atoms with E-state index < -0.39 is 0 Å². The van der Waals surface area contributed by atoms with E-state index in [1.807, 2.05) is 32.2 Å². The Morgan fingerprint density at radius 2 is 2.16 bits per heavy atom. The number of nitrogens with one attached hydrogen (secondary N) is 1. The predicted octanol–water partition coefficient (Wildman–Crippen LogP) is 3.13. The molecule has 5 heteroatoms. The molecule has 0 aliphatic heterocycles. The van der Waals surface area contributed by atoms with Crippen molar-refractivity contribution in [3.05, 3.63) is 41.6 Å². The van der Waals surface area contributed by atoms with Gasteiger partial charge in [0.2, 0.25) is 5.88 Å². The van der Waals surface area contributed by atoms with Crippen molar-refractivity contribution in [2.24, 2.45) is 0 Å². The number of thioether (sulfide) groups is 1. The second kappa shape index (κ2) is 6.43. The first-order valence-electron chi connectivity index (χ1n) is 6.01. The van der Waals surface area contributed by atoms with Gasteiger partial charge in [-0.1, -0.05) is 6.07 Å². The summed E-state index contributed by atoms with van der Waals surface area (Å²) in [6.45, 7) is 2.44. The summed E-state index contributed by atoms with van der Waals surface area (Å²) in [4.78, 5) is 1.20. The first-order valence-corrected chi connectivity index (χ1v) is 7.23. The van der Waals surface area contributed by atoms with E-state index >= 15 is 0 Å². The summed E-state index contributed by atoms with van der Waals surface area (Å²) in [6, 6.07) is 8.06. The Balaban J connectivity index is 2.21. The number of aromatic nitrogens is 2. The van der Waals surface area contributed by atoms with E-state index in [0.29, 0.717) is 12.5 Å². The molecule has 1 aromatic heterocycles. The van der Waals surface area contributed by atoms with Crippen LogP contribution in [0.15, 0.2) is 35.4 Å². The maximum absolute atomic E-state index is 5.78. The molecule has 2 rings (SSSR count). The standard InChI is InChI=1S/C14H17N3OS/c1-10-7-8-16-17-14(10)18-9-11-12(15-2)5-4-6-13(11)19-3/h4-8,15H,9H2,1-3H3. The molecule has 0 spiro atoms. The van der Waals surface area contributed by atoms with Gasteiger partial charge in [-0.05, 0) is 31.4 Å². The molecule has 0 atom stereocenters. The van der Waals surface area contributed by atoms with E-state index in [9.17, 15) is 0 Å². The molecular weight excluding hydrogens is 258 g/mol. The Morgan fingerprint density at radius 3 is 2.84 bits per heavy atom. The van der Waals surface area contributed by atoms with Crippen LogP contribution >= 0.6 is 11.8 Å². The molecule has 0 saturated heterocycles. The van der Waals surface area contributed by atoms with Crippen LogP contribution in [-0.2, 0) is 6.61 Å². The average molecular weight is 275 g/mol. The number of aryl methyl sites for hydroxylation is 1. The lowest BCUT2D eigenvalue weighted by molar-refractivity contribution is 0.286. The molecule has 1 aromatic carbocycles. The topological polar surface area (TPSA) is 47.0 Å². The summed E-state index contributed by atoms with van der Waals surface area (Å²) < 4.78 is 5.78. The highest BCUT2D eigenvalue weighted by atomic mass is 32.2. The van der Waals surface area contributed by atoms with Crippen LogP contribution in [0.4, 0.5) is 5.69 Å². The molecule has 19 heavy (non-hydrogen) atoms. The van der Waals surface area contributed by atoms with Crippen LogP contribution in [0.1, 0.15) is 11.1 Å². The molecule has 4 nitrogen and oxygen atoms in total. The molecule has 1 N–H and O–H groups in total. The lowest BCUT2D eigenvalue weighted by Crippen LogP contribution is -2.04. The number of ether oxygens (including phenoxy) is 1. The third-order valence-electron chi connectivity index (χ3n) is 2.85. The maximum atomic E-state index is 5.78. The Hall–Kier alpha value is -1.75. The first-order chi connectivity index (χ1) is 9.26. The zero-order valence-corrected chi connectivity index (χ0v) is 12.1. The molecule has 0 aliphatic rings. The number of rotatable bonds is 5. The van der Waals surface area contributed by atoms with Crippen LogP contribution < -0.4 is 10.1 Å². The summed E-state index contributed by atoms with van der Waals surface area (Å²) in [5.41, 5.74) is 3.21. The summed E-state index contributed by atoms with van der Waals surface area (Å²) >= 11 is 1.71. The Morgan fingerprint density at radius 1 is 1.32 bits per heavy atom. The van der Waals surface area contributed by atoms with Gasteiger partial charge in [0.05, 0.1) is 6.20 Å². The van der Waals surface area contributed by atoms with Crippen molar-refractivity contribution in [3.63, 3.8) is 0 Å². The fourth-order valence-electron chi connectivity index (χ4n) is 1.80. The third-order valence-corrected chi connectivity index (χ3v) is 3.67. The molecule has 0 fully saturated rings. The van der Waals surface area contributed by atoms with Gasteiger partial charge in [0.15, 0.2) is 0 Å². The van der Waals surface area contributed by atoms with E-state index in [1.54, 1.807) is 18.0 Å². The van der Waals surface area contributed by atoms with Crippen molar-refractivity contribution in [1.29, 1.82) is 0 Å². The van der Waals surface area contributed by atoms with Gasteiger partial charge in [-0.25, -0.2) is 0 Å². The molecule has 0 saturated carbocycles. The maximum Gasteiger partial charge on any atom is 0.236 e. The van der Waals surface area contributed by atoms with Gasteiger partial charge < -0.3 is 10.1 Å². The second-order valence-corrected chi connectivity index (χ2v) is 4.89. The van der Waals surface area contributed by atoms with Crippen molar-refractivity contribution in [2.45, 2.75) is 18.4 Å². The number of nitrogens with zero attached hydrogens (tertiary/aromatic N) is 2. The van der Waals surface area contributed by atoms with E-state index in [4.69, 9.17) is 4.74 Å². The average Bonchev–Trinajstić information content (AvgIpc) is 2.46. The smallest absolute Gasteiger partial charge is 0.236 e. The molecular formula is C14H17N3OS. The molecule has 0 radical (unpaired) electrons. The highest BCUT2D eigenvalue weighted by Crippen LogP contribution is 2.28. The minimum atomic E-state index is 0.479. The van der Waals surface area contributed by atoms with Crippen molar-refractivity contribution in [2.75, 3.05) is 18.6 Å². The van der Waals surface area contributed by atoms with Gasteiger partial charge in [-0.2, -0.15) is 5.10 Å². The minimum absolute atomic E-state index is 0.479. The highest BCUT2D eigenvalue weighted by molar-refractivity contribution is 7.98. The molecule has 100 valence electrons. The zero-order valence-electron chi connectivity index (χ0n) is 11.3. The Labute approximate surface area is 117 Å². The van der Waals surface area contributed by atoms with Gasteiger partial charge in [0.1, 0.15) is 6.61 Å². The summed E-state index contributed by atoms with van der Waals surface area (Å²) in [7, 11) is 1.91. The quantitative estimate of drug-likeness (QED) is 0.849. The summed E-state index contributed by atoms with van der Waals surface area (Å²) in [5, 5.41) is 11.0. The van der Waals surface area contributed by atoms with Gasteiger partial charge in [-0.15, -0.1) is 16.9 Å². The van der Waals surface area contributed by atoms with Crippen LogP contribution in [0, 0.1) is 6.92 Å². The largest absolute Gasteiger partial charge is 0.471 e. The van der Waals surface area contributed by atoms with Crippen LogP contribution in [0.3, 0.4) is 0 Å². The lowest BCUT2D eigenvalue weighted by Gasteiger charge is -2.14. The van der Waals surface area contributed by atoms with Crippen molar-refractivity contribution < 1.29 is 4.74 Å². The number of anilines is 1. The summed E-state index contributed by atoms with van der Waals surface area (Å²) in [5.74, 6) is 0.584. The minimum Gasteiger partial charge on any atom is -0.471 e. The molecule has 1 heterocycles. The van der Waals surface area contributed by atoms with Gasteiger partial charge >= 0.3 is 0 Å². The van der Waals surface area contributed by atoms with Gasteiger partial charge in [0, 0.05) is 28.8 Å². The van der Waals surface area contributed by atoms with E-state index in [1.165, 1.54) is 4.90 Å². The van der Waals surface area contributed by atoms with Crippen LogP contribution in [0.5, 0.6) is 5.88 Å². The van der Waals surface area contributed by atoms with Crippen LogP contribution in [0.2, 0.25) is 0 Å². The fourth-order valence-corrected chi connectivity index (χ4v) is 2.43. The molecule has 2 aromatic rings. The monoisotopic (exact) mass is 275 g/mol. The SMILES string of the molecule is CNc1cccc(SC)c1COc1nnccc1C. The molecule has 0 amide bonds. The first kappa shape index (κ1) is 13.7. The second-order valence-electron chi connectivity index (χ2n) is 4.04. The lowest BCUT2D eigenvalue weighted by atomic mass is 10.2. The van der Waals surface area contributed by atoms with Gasteiger partial charge in [-0.3, -0.25) is 0 Å². The Bertz CT molecular complexity index is 538. The molecule has 0 bridgehead atoms. The molecule has 0 aliphatic carbocycles. The van der Waals surface area contributed by atoms with Crippen LogP contribution in [0.25, 0.3) is 0 Å². The van der Waals surface area contributed by atoms with Crippen molar-refractivity contribution in [3.8, 4) is 5.88 Å². The number of benzene rings is 1. The van der Waals surface area contributed by atoms with E-state index in [0.717, 1.165) is 16.8 Å². The predicted molar refractivity (Wildman–Crippen MR) is 78.9 cm³/mol. The van der Waals surface area contributed by atoms with Gasteiger partial charge in [0.25, 0.3) is 0 Å². The van der Waals surface area contributed by atoms with E-state index in [-0.39, 0.29) is 0 Å². The fraction of sp³-hybridized carbons (Fsp3) is 0.286. The van der Waals surface area contributed by atoms with Crippen LogP contribution in [-0.4, -0.2) is 23.5 Å². The number of hydrogen-bond acceptors (Lipinski definition) is 5. The molecule has 0 unspecified atom stereocenters. The van der Waals surface area contributed by atoms with Crippen molar-refractivity contribution in [1.82, 2.24) is 10.2 Å². The third kappa shape index (κ3) is 3.17. The zero-order chi connectivity index (χ0) is 13.7. The Kier molecular flexibility index (Phi) is 4.63. The normalized spacial score (nSPS) is 10.3. The van der Waals surface area contributed by atoms with E-state index in [2.05, 4.69) is 27.8 Å². The summed E-state index contributed by atoms with van der Waals surface area (Å²) in [6.07, 6.45) is 3.73. The van der Waals surface area contributed by atoms with Crippen molar-refractivity contribution >= 4 is 17.4 Å². The highest BCUT2D eigenvalue weighted by Gasteiger charge is 2.09. The number of hydrogen-bond donors (Lipinski definition) is 1.